The maximum atomic E-state index is 13.0. The van der Waals surface area contributed by atoms with E-state index in [1.54, 1.807) is 0 Å². The highest BCUT2D eigenvalue weighted by molar-refractivity contribution is 6.30. The molecule has 1 aliphatic rings. The summed E-state index contributed by atoms with van der Waals surface area (Å²) in [7, 11) is 0. The van der Waals surface area contributed by atoms with E-state index in [1.807, 2.05) is 66.4 Å². The molecule has 5 nitrogen and oxygen atoms in total. The quantitative estimate of drug-likeness (QED) is 0.720. The van der Waals surface area contributed by atoms with Crippen molar-refractivity contribution < 1.29 is 9.53 Å². The molecule has 0 unspecified atom stereocenters. The van der Waals surface area contributed by atoms with E-state index < -0.39 is 0 Å². The lowest BCUT2D eigenvalue weighted by Crippen LogP contribution is -2.43. The van der Waals surface area contributed by atoms with Crippen LogP contribution in [0.3, 0.4) is 0 Å². The molecular formula is C22H22ClN3O2. The second kappa shape index (κ2) is 8.17. The van der Waals surface area contributed by atoms with Crippen LogP contribution in [0.2, 0.25) is 5.02 Å². The van der Waals surface area contributed by atoms with Crippen LogP contribution in [-0.2, 0) is 16.0 Å². The Labute approximate surface area is 169 Å². The van der Waals surface area contributed by atoms with E-state index in [4.69, 9.17) is 16.3 Å². The molecule has 1 aliphatic heterocycles. The third-order valence-electron chi connectivity index (χ3n) is 5.11. The van der Waals surface area contributed by atoms with Crippen LogP contribution in [0.15, 0.2) is 54.6 Å². The van der Waals surface area contributed by atoms with Crippen LogP contribution in [0.4, 0.5) is 0 Å². The van der Waals surface area contributed by atoms with Gasteiger partial charge in [-0.3, -0.25) is 9.89 Å². The zero-order valence-electron chi connectivity index (χ0n) is 15.7. The van der Waals surface area contributed by atoms with Crippen LogP contribution in [0.25, 0.3) is 11.3 Å². The normalized spacial score (nSPS) is 16.9. The molecule has 28 heavy (non-hydrogen) atoms. The smallest absolute Gasteiger partial charge is 0.227 e. The molecule has 1 N–H and O–H groups in total. The van der Waals surface area contributed by atoms with Crippen LogP contribution < -0.4 is 0 Å². The summed E-state index contributed by atoms with van der Waals surface area (Å²) in [5.41, 5.74) is 4.68. The van der Waals surface area contributed by atoms with Gasteiger partial charge < -0.3 is 9.64 Å². The van der Waals surface area contributed by atoms with Crippen molar-refractivity contribution in [3.05, 3.63) is 76.4 Å². The number of rotatable bonds is 4. The number of carbonyl (C=O) groups excluding carboxylic acids is 1. The number of aromatic nitrogens is 2. The Balaban J connectivity index is 1.51. The maximum absolute atomic E-state index is 13.0. The molecule has 1 amide bonds. The van der Waals surface area contributed by atoms with Crippen LogP contribution in [0.5, 0.6) is 0 Å². The molecular weight excluding hydrogens is 374 g/mol. The van der Waals surface area contributed by atoms with Crippen LogP contribution >= 0.6 is 11.6 Å². The van der Waals surface area contributed by atoms with Crippen molar-refractivity contribution >= 4 is 17.5 Å². The van der Waals surface area contributed by atoms with Crippen molar-refractivity contribution in [3.63, 3.8) is 0 Å². The number of hydrogen-bond donors (Lipinski definition) is 1. The van der Waals surface area contributed by atoms with Gasteiger partial charge in [-0.15, -0.1) is 0 Å². The molecule has 144 valence electrons. The number of nitrogens with zero attached hydrogens (tertiary/aromatic N) is 2. The van der Waals surface area contributed by atoms with Gasteiger partial charge in [0.05, 0.1) is 25.3 Å². The van der Waals surface area contributed by atoms with E-state index in [0.29, 0.717) is 31.1 Å². The lowest BCUT2D eigenvalue weighted by Gasteiger charge is -2.33. The number of halogens is 1. The van der Waals surface area contributed by atoms with Gasteiger partial charge in [-0.05, 0) is 24.6 Å². The number of carbonyl (C=O) groups is 1. The van der Waals surface area contributed by atoms with Gasteiger partial charge in [0.25, 0.3) is 0 Å². The molecule has 1 atom stereocenters. The van der Waals surface area contributed by atoms with E-state index in [2.05, 4.69) is 10.2 Å². The molecule has 1 aromatic heterocycles. The molecule has 4 rings (SSSR count). The predicted molar refractivity (Wildman–Crippen MR) is 109 cm³/mol. The van der Waals surface area contributed by atoms with Gasteiger partial charge in [0.1, 0.15) is 6.10 Å². The predicted octanol–water partition coefficient (Wildman–Crippen LogP) is 4.18. The van der Waals surface area contributed by atoms with E-state index in [1.165, 1.54) is 0 Å². The van der Waals surface area contributed by atoms with Crippen molar-refractivity contribution in [2.45, 2.75) is 19.4 Å². The van der Waals surface area contributed by atoms with Gasteiger partial charge in [0.2, 0.25) is 5.91 Å². The molecule has 0 spiro atoms. The van der Waals surface area contributed by atoms with Crippen molar-refractivity contribution in [3.8, 4) is 11.3 Å². The zero-order valence-corrected chi connectivity index (χ0v) is 16.4. The van der Waals surface area contributed by atoms with Crippen LogP contribution in [0, 0.1) is 6.92 Å². The summed E-state index contributed by atoms with van der Waals surface area (Å²) in [5, 5.41) is 8.10. The summed E-state index contributed by atoms with van der Waals surface area (Å²) >= 11 is 5.99. The Morgan fingerprint density at radius 1 is 1.21 bits per heavy atom. The molecule has 6 heteroatoms. The highest BCUT2D eigenvalue weighted by Gasteiger charge is 2.26. The molecule has 1 saturated heterocycles. The van der Waals surface area contributed by atoms with Crippen molar-refractivity contribution in [1.29, 1.82) is 0 Å². The van der Waals surface area contributed by atoms with Crippen molar-refractivity contribution in [2.75, 3.05) is 19.7 Å². The average molecular weight is 396 g/mol. The first kappa shape index (κ1) is 18.7. The minimum absolute atomic E-state index is 0.0833. The fourth-order valence-corrected chi connectivity index (χ4v) is 3.65. The molecule has 0 saturated carbocycles. The standard InChI is InChI=1S/C22H22ClN3O2/c1-15-19(22(25-24-15)17-7-9-18(23)10-8-17)13-21(27)26-11-12-28-20(14-26)16-5-3-2-4-6-16/h2-10,20H,11-14H2,1H3,(H,24,25)/t20-/m0/s1. The molecule has 3 aromatic rings. The van der Waals surface area contributed by atoms with E-state index >= 15 is 0 Å². The largest absolute Gasteiger partial charge is 0.370 e. The van der Waals surface area contributed by atoms with Gasteiger partial charge in [-0.2, -0.15) is 5.10 Å². The first-order chi connectivity index (χ1) is 13.6. The average Bonchev–Trinajstić information content (AvgIpc) is 3.09. The molecule has 0 bridgehead atoms. The van der Waals surface area contributed by atoms with Gasteiger partial charge in [0.15, 0.2) is 0 Å². The minimum atomic E-state index is -0.0833. The Morgan fingerprint density at radius 2 is 1.96 bits per heavy atom. The second-order valence-electron chi connectivity index (χ2n) is 6.97. The number of aryl methyl sites for hydroxylation is 1. The van der Waals surface area contributed by atoms with E-state index in [-0.39, 0.29) is 12.0 Å². The highest BCUT2D eigenvalue weighted by atomic mass is 35.5. The third kappa shape index (κ3) is 3.96. The Kier molecular flexibility index (Phi) is 5.46. The number of benzene rings is 2. The molecule has 1 fully saturated rings. The van der Waals surface area contributed by atoms with E-state index in [0.717, 1.165) is 28.1 Å². The first-order valence-electron chi connectivity index (χ1n) is 9.36. The Morgan fingerprint density at radius 3 is 2.71 bits per heavy atom. The number of H-pyrrole nitrogens is 1. The molecule has 0 radical (unpaired) electrons. The fraction of sp³-hybridized carbons (Fsp3) is 0.273. The summed E-state index contributed by atoms with van der Waals surface area (Å²) in [4.78, 5) is 14.9. The topological polar surface area (TPSA) is 58.2 Å². The summed E-state index contributed by atoms with van der Waals surface area (Å²) in [6.07, 6.45) is 0.224. The number of ether oxygens (including phenoxy) is 1. The lowest BCUT2D eigenvalue weighted by atomic mass is 10.0. The number of nitrogens with one attached hydrogen (secondary N) is 1. The highest BCUT2D eigenvalue weighted by Crippen LogP contribution is 2.27. The van der Waals surface area contributed by atoms with Gasteiger partial charge in [0, 0.05) is 28.4 Å². The van der Waals surface area contributed by atoms with Gasteiger partial charge in [-0.1, -0.05) is 54.1 Å². The molecule has 0 aliphatic carbocycles. The Hall–Kier alpha value is -2.63. The van der Waals surface area contributed by atoms with Crippen LogP contribution in [0.1, 0.15) is 22.9 Å². The fourth-order valence-electron chi connectivity index (χ4n) is 3.52. The van der Waals surface area contributed by atoms with Gasteiger partial charge >= 0.3 is 0 Å². The summed E-state index contributed by atoms with van der Waals surface area (Å²) in [6.45, 7) is 3.66. The summed E-state index contributed by atoms with van der Waals surface area (Å²) in [6, 6.07) is 17.6. The van der Waals surface area contributed by atoms with E-state index in [9.17, 15) is 4.79 Å². The second-order valence-corrected chi connectivity index (χ2v) is 7.41. The zero-order chi connectivity index (χ0) is 19.5. The maximum Gasteiger partial charge on any atom is 0.227 e. The SMILES string of the molecule is Cc1[nH]nc(-c2ccc(Cl)cc2)c1CC(=O)N1CCO[C@H](c2ccccc2)C1. The summed E-state index contributed by atoms with van der Waals surface area (Å²) < 4.78 is 5.88. The van der Waals surface area contributed by atoms with Crippen molar-refractivity contribution in [1.82, 2.24) is 15.1 Å². The van der Waals surface area contributed by atoms with Crippen molar-refractivity contribution in [2.24, 2.45) is 0 Å². The number of amides is 1. The molecule has 2 aromatic carbocycles. The number of aromatic amines is 1. The number of hydrogen-bond acceptors (Lipinski definition) is 3. The monoisotopic (exact) mass is 395 g/mol. The first-order valence-corrected chi connectivity index (χ1v) is 9.73. The summed E-state index contributed by atoms with van der Waals surface area (Å²) in [5.74, 6) is 0.0870. The third-order valence-corrected chi connectivity index (χ3v) is 5.36. The number of morpholine rings is 1. The lowest BCUT2D eigenvalue weighted by molar-refractivity contribution is -0.138. The van der Waals surface area contributed by atoms with Crippen LogP contribution in [-0.4, -0.2) is 40.7 Å². The van der Waals surface area contributed by atoms with Gasteiger partial charge in [-0.25, -0.2) is 0 Å². The minimum Gasteiger partial charge on any atom is -0.370 e. The molecule has 2 heterocycles. The Bertz CT molecular complexity index is 954.